The number of thiazole rings is 5. The first-order chi connectivity index (χ1) is 43.2. The number of pyridine rings is 1. The van der Waals surface area contributed by atoms with Gasteiger partial charge in [-0.3, -0.25) is 33.6 Å². The molecule has 0 spiro atoms. The van der Waals surface area contributed by atoms with Crippen LogP contribution >= 0.6 is 68.4 Å². The molecule has 0 saturated heterocycles. The van der Waals surface area contributed by atoms with Crippen LogP contribution < -0.4 is 37.6 Å². The smallest absolute Gasteiger partial charge is 0.335 e. The number of aryl methyl sites for hydroxylation is 1. The number of ether oxygens (including phenoxy) is 1. The summed E-state index contributed by atoms with van der Waals surface area (Å²) in [6, 6.07) is 6.60. The molecule has 0 fully saturated rings. The van der Waals surface area contributed by atoms with Crippen molar-refractivity contribution in [2.45, 2.75) is 70.2 Å². The maximum Gasteiger partial charge on any atom is 0.335 e. The minimum absolute atomic E-state index is 0.0177. The molecule has 9 heterocycles. The Morgan fingerprint density at radius 2 is 1.44 bits per heavy atom. The molecule has 12 bridgehead atoms. The molecule has 6 amide bonds. The van der Waals surface area contributed by atoms with Crippen LogP contribution in [0.3, 0.4) is 0 Å². The summed E-state index contributed by atoms with van der Waals surface area (Å²) in [6.45, 7) is 4.11. The summed E-state index contributed by atoms with van der Waals surface area (Å²) in [4.78, 5) is 142. The normalized spacial score (nSPS) is 18.9. The van der Waals surface area contributed by atoms with Gasteiger partial charge in [0.1, 0.15) is 95.2 Å². The predicted octanol–water partition coefficient (Wildman–Crippen LogP) is 5.99. The molecule has 2 aromatic carbocycles. The first-order valence-electron chi connectivity index (χ1n) is 27.0. The lowest BCUT2D eigenvalue weighted by Crippen LogP contribution is -2.52. The van der Waals surface area contributed by atoms with E-state index in [0.29, 0.717) is 27.7 Å². The van der Waals surface area contributed by atoms with E-state index in [9.17, 15) is 58.1 Å². The highest BCUT2D eigenvalue weighted by atomic mass is 32.2. The van der Waals surface area contributed by atoms with Gasteiger partial charge in [-0.15, -0.1) is 56.7 Å². The van der Waals surface area contributed by atoms with Crippen molar-refractivity contribution in [3.05, 3.63) is 142 Å². The van der Waals surface area contributed by atoms with E-state index in [0.717, 1.165) is 68.4 Å². The average molecular weight is 1330 g/mol. The molecule has 12 N–H and O–H groups in total. The van der Waals surface area contributed by atoms with Crippen LogP contribution in [-0.4, -0.2) is 133 Å². The summed E-state index contributed by atoms with van der Waals surface area (Å²) >= 11 is 5.68. The van der Waals surface area contributed by atoms with Crippen LogP contribution in [0.4, 0.5) is 10.1 Å². The van der Waals surface area contributed by atoms with Crippen molar-refractivity contribution in [2.75, 3.05) is 17.6 Å². The zero-order valence-electron chi connectivity index (χ0n) is 47.0. The molecule has 0 radical (unpaired) electrons. The Morgan fingerprint density at radius 1 is 0.800 bits per heavy atom. The SMILES string of the molecule is C/C=C1\NC(=O)[C@H]([C@@H](C)O)NC(=O)c2csc(n2)-c2cc(O)c(-c3nc(C(=O)NC(CNc4ccc(F)cc4)C(N)=O)cs3)nc2-c2csc(n2)[C@@H]2CSC(=O)c3[nH]c4cccc(c4c3C)COC(=O)[C@H](O)C[C@H](NC(=O)c3csc1n3)c1nc(cs1)C(=O)N2. The number of aromatic amines is 1. The van der Waals surface area contributed by atoms with E-state index in [1.165, 1.54) is 64.9 Å². The fourth-order valence-electron chi connectivity index (χ4n) is 9.42. The number of amides is 6. The number of nitrogens with one attached hydrogen (secondary N) is 7. The Kier molecular flexibility index (Phi) is 18.3. The third-order valence-electron chi connectivity index (χ3n) is 14.1. The number of carbonyl (C=O) groups is 8. The summed E-state index contributed by atoms with van der Waals surface area (Å²) < 4.78 is 19.2. The molecule has 6 atom stereocenters. The molecule has 11 rings (SSSR count). The zero-order valence-corrected chi connectivity index (χ0v) is 51.9. The minimum Gasteiger partial charge on any atom is -0.506 e. The van der Waals surface area contributed by atoms with Crippen molar-refractivity contribution in [3.8, 4) is 38.4 Å². The monoisotopic (exact) mass is 1330 g/mol. The second kappa shape index (κ2) is 26.5. The van der Waals surface area contributed by atoms with E-state index in [2.05, 4.69) is 56.8 Å². The second-order valence-electron chi connectivity index (χ2n) is 20.2. The van der Waals surface area contributed by atoms with Gasteiger partial charge in [0.05, 0.1) is 29.6 Å². The molecule has 0 aliphatic carbocycles. The Hall–Kier alpha value is -9.22. The largest absolute Gasteiger partial charge is 0.506 e. The van der Waals surface area contributed by atoms with Gasteiger partial charge in [0.15, 0.2) is 6.10 Å². The lowest BCUT2D eigenvalue weighted by atomic mass is 10.1. The second-order valence-corrected chi connectivity index (χ2v) is 25.5. The van der Waals surface area contributed by atoms with Crippen molar-refractivity contribution in [3.63, 3.8) is 0 Å². The van der Waals surface area contributed by atoms with E-state index in [4.69, 9.17) is 20.4 Å². The number of nitrogens with two attached hydrogens (primary N) is 1. The van der Waals surface area contributed by atoms with Gasteiger partial charge in [-0.1, -0.05) is 30.0 Å². The van der Waals surface area contributed by atoms with Crippen molar-refractivity contribution in [1.82, 2.24) is 61.5 Å². The summed E-state index contributed by atoms with van der Waals surface area (Å²) in [6.07, 6.45) is -2.33. The molecule has 26 nitrogen and oxygen atoms in total. The maximum atomic E-state index is 14.6. The standard InChI is InChI=1S/C57H49FN14O12S6/c1-4-28-52-68-33(18-87-52)46(77)63-30-13-39(75)56(82)84-15-24-6-5-7-29-40(24)22(2)41(61-29)57(83)90-21-37(65-48(79)34-19-88-53(30)69-34)54-66-32(16-86-54)43-27(51-67-36(17-85-51)49(80)72-42(23(3)73)50(81)62-28)12-38(74)44(71-43)55-70-35(20-89-55)47(78)64-31(45(59)76)14-60-26-10-8-25(58)9-11-26/h4-12,16-20,23,30-31,37,39,42,60-61,73-75H,13-15,21H2,1-3H3,(H2,59,76)(H,62,81)(H,63,77)(H,64,78)(H,65,79)(H,72,80)/b28-4-/t23-,30+,31?,37+,39-,42+/m1/s1. The van der Waals surface area contributed by atoms with Crippen LogP contribution in [0.15, 0.2) is 81.5 Å². The molecule has 0 saturated carbocycles. The van der Waals surface area contributed by atoms with Crippen LogP contribution in [0.25, 0.3) is 49.3 Å². The summed E-state index contributed by atoms with van der Waals surface area (Å²) in [5.74, 6) is -7.13. The van der Waals surface area contributed by atoms with Gasteiger partial charge in [0.25, 0.3) is 23.6 Å². The molecule has 2 aliphatic rings. The predicted molar refractivity (Wildman–Crippen MR) is 334 cm³/mol. The highest BCUT2D eigenvalue weighted by Gasteiger charge is 2.34. The Morgan fingerprint density at radius 3 is 2.17 bits per heavy atom. The number of hydrogen-bond donors (Lipinski definition) is 11. The number of thioether (sulfide) groups is 1. The van der Waals surface area contributed by atoms with Gasteiger partial charge >= 0.3 is 5.97 Å². The van der Waals surface area contributed by atoms with E-state index < -0.39 is 101 Å². The fourth-order valence-corrected chi connectivity index (χ4v) is 14.6. The third-order valence-corrected chi connectivity index (χ3v) is 19.5. The number of carbonyl (C=O) groups excluding carboxylic acids is 8. The number of cyclic esters (lactones) is 1. The number of esters is 1. The number of hydrogen-bond acceptors (Lipinski definition) is 25. The third kappa shape index (κ3) is 13.4. The van der Waals surface area contributed by atoms with E-state index >= 15 is 0 Å². The van der Waals surface area contributed by atoms with Crippen molar-refractivity contribution >= 4 is 137 Å². The molecule has 90 heavy (non-hydrogen) atoms. The maximum absolute atomic E-state index is 14.6. The number of halogens is 1. The number of fused-ring (bicyclic) bond motifs is 13. The minimum atomic E-state index is -1.85. The first kappa shape index (κ1) is 62.4. The summed E-state index contributed by atoms with van der Waals surface area (Å²) in [5, 5.41) is 58.5. The first-order valence-corrected chi connectivity index (χ1v) is 32.4. The number of aliphatic hydroxyl groups is 2. The molecule has 33 heteroatoms. The average Bonchev–Trinajstić information content (AvgIpc) is 2.64. The zero-order chi connectivity index (χ0) is 63.7. The van der Waals surface area contributed by atoms with Gasteiger partial charge in [0, 0.05) is 67.8 Å². The van der Waals surface area contributed by atoms with Crippen LogP contribution in [0.5, 0.6) is 5.75 Å². The Labute approximate surface area is 532 Å². The molecular weight excluding hydrogens is 1280 g/mol. The number of aliphatic hydroxyl groups excluding tert-OH is 2. The van der Waals surface area contributed by atoms with Crippen LogP contribution in [-0.2, 0) is 25.7 Å². The number of anilines is 1. The van der Waals surface area contributed by atoms with Crippen molar-refractivity contribution in [1.29, 1.82) is 0 Å². The number of aromatic nitrogens is 7. The van der Waals surface area contributed by atoms with Crippen LogP contribution in [0, 0.1) is 12.7 Å². The van der Waals surface area contributed by atoms with Gasteiger partial charge in [-0.25, -0.2) is 39.1 Å². The molecule has 2 aliphatic heterocycles. The highest BCUT2D eigenvalue weighted by molar-refractivity contribution is 8.14. The fraction of sp³-hybridized carbons (Fsp3) is 0.228. The van der Waals surface area contributed by atoms with E-state index in [-0.39, 0.29) is 101 Å². The molecule has 7 aromatic heterocycles. The Bertz CT molecular complexity index is 4360. The quantitative estimate of drug-likeness (QED) is 0.0778. The number of benzene rings is 2. The van der Waals surface area contributed by atoms with Crippen LogP contribution in [0.2, 0.25) is 0 Å². The molecule has 9 aromatic rings. The molecular formula is C57H49FN14O12S6. The summed E-state index contributed by atoms with van der Waals surface area (Å²) in [5.41, 5.74) is 7.44. The number of aromatic hydroxyl groups is 1. The number of allylic oxidation sites excluding steroid dienone is 1. The lowest BCUT2D eigenvalue weighted by Gasteiger charge is -2.21. The van der Waals surface area contributed by atoms with E-state index in [1.54, 1.807) is 37.4 Å². The number of primary amides is 1. The number of H-pyrrole nitrogens is 1. The number of nitrogens with zero attached hydrogens (tertiary/aromatic N) is 6. The van der Waals surface area contributed by atoms with Gasteiger partial charge in [0.2, 0.25) is 16.9 Å². The Balaban J connectivity index is 1.01. The topological polar surface area (TPSA) is 398 Å². The molecule has 1 unspecified atom stereocenters. The summed E-state index contributed by atoms with van der Waals surface area (Å²) in [7, 11) is 0. The van der Waals surface area contributed by atoms with Gasteiger partial charge in [-0.2, -0.15) is 0 Å². The van der Waals surface area contributed by atoms with Gasteiger partial charge < -0.3 is 62.7 Å². The van der Waals surface area contributed by atoms with E-state index in [1.807, 2.05) is 0 Å². The van der Waals surface area contributed by atoms with Crippen LogP contribution in [0.1, 0.15) is 111 Å². The number of rotatable bonds is 8. The van der Waals surface area contributed by atoms with Gasteiger partial charge in [-0.05, 0) is 68.3 Å². The van der Waals surface area contributed by atoms with Crippen molar-refractivity contribution < 1.29 is 62.8 Å². The molecule has 462 valence electrons. The highest BCUT2D eigenvalue weighted by Crippen LogP contribution is 2.42. The lowest BCUT2D eigenvalue weighted by molar-refractivity contribution is -0.155. The van der Waals surface area contributed by atoms with Crippen molar-refractivity contribution in [2.24, 2.45) is 5.73 Å².